The van der Waals surface area contributed by atoms with Crippen LogP contribution >= 0.6 is 0 Å². The van der Waals surface area contributed by atoms with Crippen LogP contribution in [-0.4, -0.2) is 95.3 Å². The fourth-order valence-corrected chi connectivity index (χ4v) is 4.32. The molecule has 9 nitrogen and oxygen atoms in total. The number of piperidine rings is 2. The number of esters is 1. The van der Waals surface area contributed by atoms with Crippen LogP contribution in [0.5, 0.6) is 0 Å². The number of carbonyl (C=O) groups excluding carboxylic acids is 4. The fraction of sp³-hybridized carbons (Fsp3) is 0.800. The molecule has 0 radical (unpaired) electrons. The smallest absolute Gasteiger partial charge is 0.320 e. The van der Waals surface area contributed by atoms with E-state index in [1.807, 2.05) is 20.8 Å². The van der Waals surface area contributed by atoms with E-state index in [9.17, 15) is 19.2 Å². The maximum atomic E-state index is 12.7. The maximum Gasteiger partial charge on any atom is 0.320 e. The van der Waals surface area contributed by atoms with Gasteiger partial charge in [0.1, 0.15) is 11.6 Å². The number of piperazine rings is 1. The molecule has 1 N–H and O–H groups in total. The van der Waals surface area contributed by atoms with Gasteiger partial charge in [0.05, 0.1) is 13.1 Å². The summed E-state index contributed by atoms with van der Waals surface area (Å²) >= 11 is 0. The maximum absolute atomic E-state index is 12.7. The Labute approximate surface area is 171 Å². The number of nitrogens with zero attached hydrogens (tertiary/aromatic N) is 3. The molecule has 0 saturated carbocycles. The van der Waals surface area contributed by atoms with Gasteiger partial charge < -0.3 is 9.64 Å². The number of likely N-dealkylation sites (tertiary alicyclic amines) is 1. The number of hydrogen-bond donors (Lipinski definition) is 1. The summed E-state index contributed by atoms with van der Waals surface area (Å²) in [6.07, 6.45) is 2.47. The second kappa shape index (κ2) is 8.79. The van der Waals surface area contributed by atoms with Crippen LogP contribution in [0.2, 0.25) is 0 Å². The standard InChI is InChI=1S/C20H32N4O5/c1-20(2,3)29-18(27)13-22-8-6-14(7-9-22)23-10-11-24(17(26)12-23)15-4-5-16(25)21-19(15)28/h14-15H,4-13H2,1-3H3,(H,21,25,28). The predicted molar refractivity (Wildman–Crippen MR) is 105 cm³/mol. The highest BCUT2D eigenvalue weighted by Gasteiger charge is 2.38. The summed E-state index contributed by atoms with van der Waals surface area (Å²) in [6.45, 7) is 9.01. The van der Waals surface area contributed by atoms with Crippen LogP contribution in [-0.2, 0) is 23.9 Å². The van der Waals surface area contributed by atoms with Crippen molar-refractivity contribution in [3.63, 3.8) is 0 Å². The molecule has 0 aromatic carbocycles. The van der Waals surface area contributed by atoms with Gasteiger partial charge in [-0.1, -0.05) is 0 Å². The van der Waals surface area contributed by atoms with Crippen molar-refractivity contribution in [2.75, 3.05) is 39.3 Å². The lowest BCUT2D eigenvalue weighted by atomic mass is 10.00. The monoisotopic (exact) mass is 408 g/mol. The molecular weight excluding hydrogens is 376 g/mol. The van der Waals surface area contributed by atoms with Crippen LogP contribution in [0.4, 0.5) is 0 Å². The van der Waals surface area contributed by atoms with Gasteiger partial charge >= 0.3 is 5.97 Å². The Hall–Kier alpha value is -2.00. The minimum absolute atomic E-state index is 0.0538. The number of amides is 3. The number of imide groups is 1. The highest BCUT2D eigenvalue weighted by molar-refractivity contribution is 6.01. The first kappa shape index (κ1) is 21.7. The average Bonchev–Trinajstić information content (AvgIpc) is 2.61. The summed E-state index contributed by atoms with van der Waals surface area (Å²) < 4.78 is 5.39. The summed E-state index contributed by atoms with van der Waals surface area (Å²) in [4.78, 5) is 54.0. The number of hydrogen-bond acceptors (Lipinski definition) is 7. The lowest BCUT2D eigenvalue weighted by molar-refractivity contribution is -0.156. The Balaban J connectivity index is 1.45. The quantitative estimate of drug-likeness (QED) is 0.505. The third-order valence-corrected chi connectivity index (χ3v) is 5.72. The van der Waals surface area contributed by atoms with Gasteiger partial charge in [0, 0.05) is 38.6 Å². The topological polar surface area (TPSA) is 99.3 Å². The summed E-state index contributed by atoms with van der Waals surface area (Å²) in [5.74, 6) is -0.889. The third kappa shape index (κ3) is 5.76. The van der Waals surface area contributed by atoms with Crippen molar-refractivity contribution in [3.05, 3.63) is 0 Å². The predicted octanol–water partition coefficient (Wildman–Crippen LogP) is -0.258. The van der Waals surface area contributed by atoms with Crippen molar-refractivity contribution in [1.29, 1.82) is 0 Å². The van der Waals surface area contributed by atoms with E-state index in [1.165, 1.54) is 0 Å². The van der Waals surface area contributed by atoms with E-state index in [0.717, 1.165) is 32.5 Å². The van der Waals surface area contributed by atoms with Crippen LogP contribution in [0.1, 0.15) is 46.5 Å². The minimum atomic E-state index is -0.530. The molecule has 3 rings (SSSR count). The van der Waals surface area contributed by atoms with Gasteiger partial charge in [-0.15, -0.1) is 0 Å². The van der Waals surface area contributed by atoms with Crippen LogP contribution in [0.15, 0.2) is 0 Å². The molecule has 162 valence electrons. The van der Waals surface area contributed by atoms with Gasteiger partial charge in [0.2, 0.25) is 17.7 Å². The normalized spacial score (nSPS) is 25.8. The number of nitrogens with one attached hydrogen (secondary N) is 1. The Kier molecular flexibility index (Phi) is 6.58. The molecule has 0 aliphatic carbocycles. The Morgan fingerprint density at radius 2 is 1.76 bits per heavy atom. The van der Waals surface area contributed by atoms with Gasteiger partial charge in [-0.05, 0) is 40.0 Å². The van der Waals surface area contributed by atoms with E-state index >= 15 is 0 Å². The van der Waals surface area contributed by atoms with Crippen LogP contribution in [0, 0.1) is 0 Å². The van der Waals surface area contributed by atoms with E-state index < -0.39 is 11.6 Å². The fourth-order valence-electron chi connectivity index (χ4n) is 4.32. The van der Waals surface area contributed by atoms with E-state index in [2.05, 4.69) is 15.1 Å². The summed E-state index contributed by atoms with van der Waals surface area (Å²) in [7, 11) is 0. The summed E-state index contributed by atoms with van der Waals surface area (Å²) in [6, 6.07) is -0.226. The Bertz CT molecular complexity index is 666. The molecule has 0 bridgehead atoms. The van der Waals surface area contributed by atoms with Crippen LogP contribution in [0.25, 0.3) is 0 Å². The molecule has 0 aromatic rings. The van der Waals surface area contributed by atoms with Gasteiger partial charge in [0.25, 0.3) is 0 Å². The molecule has 0 aromatic heterocycles. The van der Waals surface area contributed by atoms with E-state index in [4.69, 9.17) is 4.74 Å². The van der Waals surface area contributed by atoms with Crippen molar-refractivity contribution in [2.45, 2.75) is 64.1 Å². The van der Waals surface area contributed by atoms with Crippen LogP contribution < -0.4 is 5.32 Å². The summed E-state index contributed by atoms with van der Waals surface area (Å²) in [5.41, 5.74) is -0.474. The van der Waals surface area contributed by atoms with Crippen LogP contribution in [0.3, 0.4) is 0 Å². The molecule has 3 heterocycles. The number of ether oxygens (including phenoxy) is 1. The van der Waals surface area contributed by atoms with Crippen molar-refractivity contribution >= 4 is 23.7 Å². The summed E-state index contributed by atoms with van der Waals surface area (Å²) in [5, 5.41) is 2.33. The second-order valence-corrected chi connectivity index (χ2v) is 9.12. The van der Waals surface area contributed by atoms with E-state index in [0.29, 0.717) is 32.1 Å². The zero-order valence-electron chi connectivity index (χ0n) is 17.6. The molecule has 3 fully saturated rings. The SMILES string of the molecule is CC(C)(C)OC(=O)CN1CCC(N2CCN(C3CCC(=O)NC3=O)C(=O)C2)CC1. The first-order valence-electron chi connectivity index (χ1n) is 10.4. The average molecular weight is 408 g/mol. The largest absolute Gasteiger partial charge is 0.459 e. The Morgan fingerprint density at radius 3 is 2.34 bits per heavy atom. The molecule has 1 unspecified atom stereocenters. The molecule has 3 aliphatic rings. The van der Waals surface area contributed by atoms with Crippen molar-refractivity contribution in [3.8, 4) is 0 Å². The second-order valence-electron chi connectivity index (χ2n) is 9.12. The molecular formula is C20H32N4O5. The third-order valence-electron chi connectivity index (χ3n) is 5.72. The number of rotatable bonds is 4. The lowest BCUT2D eigenvalue weighted by Crippen LogP contribution is -2.62. The molecule has 9 heteroatoms. The molecule has 3 aliphatic heterocycles. The Morgan fingerprint density at radius 1 is 1.07 bits per heavy atom. The van der Waals surface area contributed by atoms with E-state index in [1.54, 1.807) is 4.90 Å². The van der Waals surface area contributed by atoms with Gasteiger partial charge in [-0.25, -0.2) is 0 Å². The lowest BCUT2D eigenvalue weighted by Gasteiger charge is -2.44. The van der Waals surface area contributed by atoms with E-state index in [-0.39, 0.29) is 30.1 Å². The zero-order valence-corrected chi connectivity index (χ0v) is 17.6. The number of carbonyl (C=O) groups is 4. The molecule has 3 saturated heterocycles. The van der Waals surface area contributed by atoms with Gasteiger partial charge in [-0.2, -0.15) is 0 Å². The van der Waals surface area contributed by atoms with Crippen molar-refractivity contribution in [1.82, 2.24) is 20.0 Å². The first-order chi connectivity index (χ1) is 13.6. The molecule has 29 heavy (non-hydrogen) atoms. The highest BCUT2D eigenvalue weighted by atomic mass is 16.6. The molecule has 0 spiro atoms. The zero-order chi connectivity index (χ0) is 21.2. The molecule has 3 amide bonds. The van der Waals surface area contributed by atoms with Crippen molar-refractivity contribution < 1.29 is 23.9 Å². The highest BCUT2D eigenvalue weighted by Crippen LogP contribution is 2.22. The minimum Gasteiger partial charge on any atom is -0.459 e. The first-order valence-corrected chi connectivity index (χ1v) is 10.4. The van der Waals surface area contributed by atoms with Gasteiger partial charge in [-0.3, -0.25) is 34.3 Å². The van der Waals surface area contributed by atoms with Gasteiger partial charge in [0.15, 0.2) is 0 Å². The van der Waals surface area contributed by atoms with Crippen molar-refractivity contribution in [2.24, 2.45) is 0 Å². The molecule has 1 atom stereocenters.